The number of anilines is 1. The van der Waals surface area contributed by atoms with E-state index in [1.54, 1.807) is 12.1 Å². The number of thiophene rings is 1. The average Bonchev–Trinajstić information content (AvgIpc) is 3.13. The Labute approximate surface area is 143 Å². The van der Waals surface area contributed by atoms with E-state index in [0.717, 1.165) is 35.3 Å². The van der Waals surface area contributed by atoms with Gasteiger partial charge in [-0.05, 0) is 36.5 Å². The summed E-state index contributed by atoms with van der Waals surface area (Å²) in [6.45, 7) is 0. The van der Waals surface area contributed by atoms with E-state index in [9.17, 15) is 14.9 Å². The molecule has 1 aliphatic rings. The van der Waals surface area contributed by atoms with Crippen molar-refractivity contribution in [2.45, 2.75) is 19.3 Å². The molecule has 2 amide bonds. The highest BCUT2D eigenvalue weighted by Gasteiger charge is 2.26. The first kappa shape index (κ1) is 16.0. The summed E-state index contributed by atoms with van der Waals surface area (Å²) >= 11 is 1.37. The van der Waals surface area contributed by atoms with Gasteiger partial charge >= 0.3 is 0 Å². The molecular formula is C18H15N3O2S. The molecule has 1 aromatic heterocycles. The van der Waals surface area contributed by atoms with Crippen LogP contribution in [-0.2, 0) is 17.6 Å². The summed E-state index contributed by atoms with van der Waals surface area (Å²) in [6, 6.07) is 11.0. The molecule has 0 radical (unpaired) electrons. The van der Waals surface area contributed by atoms with E-state index in [4.69, 9.17) is 5.73 Å². The molecule has 0 saturated carbocycles. The normalized spacial score (nSPS) is 13.2. The van der Waals surface area contributed by atoms with Crippen LogP contribution in [0.1, 0.15) is 32.8 Å². The Kier molecular flexibility index (Phi) is 4.45. The molecule has 1 heterocycles. The third-order valence-corrected chi connectivity index (χ3v) is 5.08. The van der Waals surface area contributed by atoms with Crippen LogP contribution in [-0.4, -0.2) is 11.8 Å². The Balaban J connectivity index is 1.89. The minimum Gasteiger partial charge on any atom is -0.365 e. The van der Waals surface area contributed by atoms with E-state index in [1.807, 2.05) is 24.3 Å². The Morgan fingerprint density at radius 2 is 2.00 bits per heavy atom. The van der Waals surface area contributed by atoms with Gasteiger partial charge in [0.15, 0.2) is 0 Å². The predicted molar refractivity (Wildman–Crippen MR) is 93.5 cm³/mol. The number of hydrogen-bond donors (Lipinski definition) is 2. The van der Waals surface area contributed by atoms with Gasteiger partial charge in [-0.2, -0.15) is 5.26 Å². The van der Waals surface area contributed by atoms with E-state index in [-0.39, 0.29) is 5.57 Å². The average molecular weight is 337 g/mol. The molecule has 0 atom stereocenters. The maximum Gasteiger partial charge on any atom is 0.266 e. The number of nitrogens with two attached hydrogens (primary N) is 1. The van der Waals surface area contributed by atoms with Crippen molar-refractivity contribution >= 4 is 34.2 Å². The van der Waals surface area contributed by atoms with Crippen molar-refractivity contribution in [3.05, 3.63) is 57.5 Å². The summed E-state index contributed by atoms with van der Waals surface area (Å²) in [7, 11) is 0. The van der Waals surface area contributed by atoms with Gasteiger partial charge in [0.1, 0.15) is 16.6 Å². The molecule has 2 aromatic rings. The third kappa shape index (κ3) is 3.07. The molecule has 0 bridgehead atoms. The number of benzene rings is 1. The largest absolute Gasteiger partial charge is 0.365 e. The van der Waals surface area contributed by atoms with Gasteiger partial charge in [0, 0.05) is 4.88 Å². The fourth-order valence-electron chi connectivity index (χ4n) is 2.79. The van der Waals surface area contributed by atoms with Crippen molar-refractivity contribution in [2.24, 2.45) is 5.73 Å². The predicted octanol–water partition coefficient (Wildman–Crippen LogP) is 2.88. The Morgan fingerprint density at radius 1 is 1.25 bits per heavy atom. The first-order valence-electron chi connectivity index (χ1n) is 7.52. The van der Waals surface area contributed by atoms with Crippen molar-refractivity contribution in [1.82, 2.24) is 0 Å². The van der Waals surface area contributed by atoms with E-state index >= 15 is 0 Å². The van der Waals surface area contributed by atoms with Gasteiger partial charge in [-0.15, -0.1) is 11.3 Å². The van der Waals surface area contributed by atoms with E-state index in [2.05, 4.69) is 5.32 Å². The second-order valence-corrected chi connectivity index (χ2v) is 6.57. The lowest BCUT2D eigenvalue weighted by molar-refractivity contribution is -0.112. The first-order valence-corrected chi connectivity index (χ1v) is 8.34. The highest BCUT2D eigenvalue weighted by atomic mass is 32.1. The van der Waals surface area contributed by atoms with Crippen LogP contribution in [0, 0.1) is 11.3 Å². The summed E-state index contributed by atoms with van der Waals surface area (Å²) in [6.07, 6.45) is 4.19. The number of primary amides is 1. The molecular weight excluding hydrogens is 322 g/mol. The smallest absolute Gasteiger partial charge is 0.266 e. The quantitative estimate of drug-likeness (QED) is 0.663. The van der Waals surface area contributed by atoms with Crippen LogP contribution >= 0.6 is 11.3 Å². The lowest BCUT2D eigenvalue weighted by atomic mass is 10.1. The Bertz CT molecular complexity index is 876. The monoisotopic (exact) mass is 337 g/mol. The first-order chi connectivity index (χ1) is 11.6. The summed E-state index contributed by atoms with van der Waals surface area (Å²) < 4.78 is 0. The van der Waals surface area contributed by atoms with Gasteiger partial charge in [-0.3, -0.25) is 9.59 Å². The molecule has 3 rings (SSSR count). The zero-order valence-electron chi connectivity index (χ0n) is 12.8. The summed E-state index contributed by atoms with van der Waals surface area (Å²) in [5.74, 6) is -1.08. The number of amides is 2. The number of aryl methyl sites for hydroxylation is 1. The zero-order chi connectivity index (χ0) is 17.1. The molecule has 0 saturated heterocycles. The summed E-state index contributed by atoms with van der Waals surface area (Å²) in [5.41, 5.74) is 7.54. The maximum absolute atomic E-state index is 12.4. The van der Waals surface area contributed by atoms with Crippen LogP contribution in [0.15, 0.2) is 35.9 Å². The second kappa shape index (κ2) is 6.69. The van der Waals surface area contributed by atoms with Gasteiger partial charge in [0.25, 0.3) is 11.8 Å². The highest BCUT2D eigenvalue weighted by molar-refractivity contribution is 7.17. The SMILES string of the molecule is N#C/C(=C\c1ccccc1)C(=O)Nc1sc2c(c1C(N)=O)CCC2. The van der Waals surface area contributed by atoms with Crippen molar-refractivity contribution in [1.29, 1.82) is 5.26 Å². The summed E-state index contributed by atoms with van der Waals surface area (Å²) in [4.78, 5) is 25.2. The Morgan fingerprint density at radius 3 is 2.67 bits per heavy atom. The number of carbonyl (C=O) groups is 2. The number of carbonyl (C=O) groups excluding carboxylic acids is 2. The van der Waals surface area contributed by atoms with Gasteiger partial charge < -0.3 is 11.1 Å². The molecule has 0 aliphatic heterocycles. The molecule has 0 unspecified atom stereocenters. The van der Waals surface area contributed by atoms with Crippen molar-refractivity contribution in [2.75, 3.05) is 5.32 Å². The third-order valence-electron chi connectivity index (χ3n) is 3.87. The van der Waals surface area contributed by atoms with Crippen LogP contribution in [0.4, 0.5) is 5.00 Å². The standard InChI is InChI=1S/C18H15N3O2S/c19-10-12(9-11-5-2-1-3-6-11)17(23)21-18-15(16(20)22)13-7-4-8-14(13)24-18/h1-3,5-6,9H,4,7-8H2,(H2,20,22)(H,21,23)/b12-9+. The minimum atomic E-state index is -0.546. The molecule has 1 aliphatic carbocycles. The van der Waals surface area contributed by atoms with Crippen molar-refractivity contribution < 1.29 is 9.59 Å². The zero-order valence-corrected chi connectivity index (χ0v) is 13.7. The molecule has 0 fully saturated rings. The summed E-state index contributed by atoms with van der Waals surface area (Å²) in [5, 5.41) is 12.4. The minimum absolute atomic E-state index is 0.0230. The van der Waals surface area contributed by atoms with Gasteiger partial charge in [0.05, 0.1) is 5.56 Å². The molecule has 5 nitrogen and oxygen atoms in total. The van der Waals surface area contributed by atoms with Crippen LogP contribution in [0.2, 0.25) is 0 Å². The van der Waals surface area contributed by atoms with Crippen LogP contribution in [0.5, 0.6) is 0 Å². The van der Waals surface area contributed by atoms with Crippen molar-refractivity contribution in [3.8, 4) is 6.07 Å². The van der Waals surface area contributed by atoms with E-state index in [1.165, 1.54) is 17.4 Å². The fourth-order valence-corrected chi connectivity index (χ4v) is 4.08. The van der Waals surface area contributed by atoms with Gasteiger partial charge in [0.2, 0.25) is 0 Å². The van der Waals surface area contributed by atoms with Crippen LogP contribution in [0.3, 0.4) is 0 Å². The number of nitrogens with one attached hydrogen (secondary N) is 1. The van der Waals surface area contributed by atoms with E-state index < -0.39 is 11.8 Å². The molecule has 6 heteroatoms. The molecule has 3 N–H and O–H groups in total. The number of rotatable bonds is 4. The van der Waals surface area contributed by atoms with E-state index in [0.29, 0.717) is 10.6 Å². The molecule has 24 heavy (non-hydrogen) atoms. The maximum atomic E-state index is 12.4. The van der Waals surface area contributed by atoms with Crippen LogP contribution in [0.25, 0.3) is 6.08 Å². The van der Waals surface area contributed by atoms with Crippen LogP contribution < -0.4 is 11.1 Å². The van der Waals surface area contributed by atoms with Gasteiger partial charge in [-0.1, -0.05) is 30.3 Å². The lowest BCUT2D eigenvalue weighted by Crippen LogP contribution is -2.18. The highest BCUT2D eigenvalue weighted by Crippen LogP contribution is 2.38. The molecule has 1 aromatic carbocycles. The lowest BCUT2D eigenvalue weighted by Gasteiger charge is -2.05. The van der Waals surface area contributed by atoms with Gasteiger partial charge in [-0.25, -0.2) is 0 Å². The molecule has 0 spiro atoms. The second-order valence-electron chi connectivity index (χ2n) is 5.46. The van der Waals surface area contributed by atoms with Crippen molar-refractivity contribution in [3.63, 3.8) is 0 Å². The number of nitrogens with zero attached hydrogens (tertiary/aromatic N) is 1. The topological polar surface area (TPSA) is 96.0 Å². The molecule has 120 valence electrons. The number of fused-ring (bicyclic) bond motifs is 1. The number of hydrogen-bond acceptors (Lipinski definition) is 4. The fraction of sp³-hybridized carbons (Fsp3) is 0.167. The Hall–Kier alpha value is -2.91. The number of nitriles is 1.